The standard InChI is InChI=1S/C16H16N2O2S2/c1-11(12-7-9-13(10-8-12)22(2,19)20)17-16-18-14-5-3-4-6-15(14)21-16/h3-11H,1-2H3,(H,17,18). The van der Waals surface area contributed by atoms with E-state index in [1.165, 1.54) is 6.26 Å². The highest BCUT2D eigenvalue weighted by molar-refractivity contribution is 7.90. The van der Waals surface area contributed by atoms with Gasteiger partial charge in [-0.2, -0.15) is 0 Å². The van der Waals surface area contributed by atoms with Gasteiger partial charge in [0.1, 0.15) is 0 Å². The third kappa shape index (κ3) is 3.13. The number of hydrogen-bond donors (Lipinski definition) is 1. The van der Waals surface area contributed by atoms with Crippen LogP contribution in [0.5, 0.6) is 0 Å². The molecule has 6 heteroatoms. The minimum absolute atomic E-state index is 0.0502. The Morgan fingerprint density at radius 1 is 1.09 bits per heavy atom. The van der Waals surface area contributed by atoms with Crippen LogP contribution < -0.4 is 5.32 Å². The Morgan fingerprint density at radius 2 is 1.77 bits per heavy atom. The zero-order chi connectivity index (χ0) is 15.7. The van der Waals surface area contributed by atoms with Crippen molar-refractivity contribution in [3.8, 4) is 0 Å². The minimum Gasteiger partial charge on any atom is -0.355 e. The van der Waals surface area contributed by atoms with Gasteiger partial charge in [0.05, 0.1) is 21.2 Å². The summed E-state index contributed by atoms with van der Waals surface area (Å²) in [4.78, 5) is 4.88. The molecule has 1 unspecified atom stereocenters. The number of sulfone groups is 1. The maximum Gasteiger partial charge on any atom is 0.184 e. The zero-order valence-corrected chi connectivity index (χ0v) is 13.9. The average molecular weight is 332 g/mol. The van der Waals surface area contributed by atoms with Crippen LogP contribution in [0.1, 0.15) is 18.5 Å². The lowest BCUT2D eigenvalue weighted by atomic mass is 10.1. The molecule has 1 heterocycles. The first-order valence-corrected chi connectivity index (χ1v) is 9.56. The Morgan fingerprint density at radius 3 is 2.41 bits per heavy atom. The summed E-state index contributed by atoms with van der Waals surface area (Å²) in [6.45, 7) is 2.03. The Hall–Kier alpha value is -1.92. The van der Waals surface area contributed by atoms with E-state index in [9.17, 15) is 8.42 Å². The number of benzene rings is 2. The number of fused-ring (bicyclic) bond motifs is 1. The molecule has 22 heavy (non-hydrogen) atoms. The molecule has 0 aliphatic carbocycles. The van der Waals surface area contributed by atoms with E-state index >= 15 is 0 Å². The van der Waals surface area contributed by atoms with Gasteiger partial charge < -0.3 is 5.32 Å². The molecule has 0 aliphatic rings. The molecular formula is C16H16N2O2S2. The highest BCUT2D eigenvalue weighted by atomic mass is 32.2. The SMILES string of the molecule is CC(Nc1nc2ccccc2s1)c1ccc(S(C)(=O)=O)cc1. The Kier molecular flexibility index (Phi) is 3.88. The van der Waals surface area contributed by atoms with E-state index in [1.54, 1.807) is 23.5 Å². The first-order valence-electron chi connectivity index (χ1n) is 6.85. The molecule has 3 rings (SSSR count). The van der Waals surface area contributed by atoms with E-state index in [2.05, 4.69) is 10.3 Å². The van der Waals surface area contributed by atoms with Crippen LogP contribution in [0.3, 0.4) is 0 Å². The van der Waals surface area contributed by atoms with Crippen molar-refractivity contribution in [1.82, 2.24) is 4.98 Å². The second-order valence-electron chi connectivity index (χ2n) is 5.19. The van der Waals surface area contributed by atoms with Crippen molar-refractivity contribution in [1.29, 1.82) is 0 Å². The van der Waals surface area contributed by atoms with Crippen molar-refractivity contribution in [2.75, 3.05) is 11.6 Å². The number of anilines is 1. The molecule has 0 spiro atoms. The zero-order valence-electron chi connectivity index (χ0n) is 12.3. The predicted molar refractivity (Wildman–Crippen MR) is 91.2 cm³/mol. The Bertz CT molecular complexity index is 866. The molecule has 2 aromatic carbocycles. The molecule has 0 fully saturated rings. The van der Waals surface area contributed by atoms with Gasteiger partial charge in [-0.1, -0.05) is 35.6 Å². The Labute approximate surface area is 133 Å². The second-order valence-corrected chi connectivity index (χ2v) is 8.24. The van der Waals surface area contributed by atoms with Crippen molar-refractivity contribution >= 4 is 36.5 Å². The summed E-state index contributed by atoms with van der Waals surface area (Å²) in [6, 6.07) is 15.0. The van der Waals surface area contributed by atoms with E-state index in [0.29, 0.717) is 4.90 Å². The van der Waals surface area contributed by atoms with Crippen molar-refractivity contribution in [3.63, 3.8) is 0 Å². The molecule has 0 amide bonds. The second kappa shape index (κ2) is 5.70. The maximum atomic E-state index is 11.5. The van der Waals surface area contributed by atoms with Crippen LogP contribution in [0.25, 0.3) is 10.2 Å². The average Bonchev–Trinajstić information content (AvgIpc) is 2.88. The van der Waals surface area contributed by atoms with Crippen molar-refractivity contribution in [2.45, 2.75) is 17.9 Å². The van der Waals surface area contributed by atoms with Gasteiger partial charge in [0.25, 0.3) is 0 Å². The summed E-state index contributed by atoms with van der Waals surface area (Å²) < 4.78 is 24.1. The lowest BCUT2D eigenvalue weighted by Crippen LogP contribution is -2.06. The number of nitrogens with one attached hydrogen (secondary N) is 1. The first kappa shape index (κ1) is 15.0. The van der Waals surface area contributed by atoms with E-state index in [0.717, 1.165) is 20.9 Å². The molecule has 0 radical (unpaired) electrons. The topological polar surface area (TPSA) is 59.1 Å². The van der Waals surface area contributed by atoms with Crippen molar-refractivity contribution in [2.24, 2.45) is 0 Å². The van der Waals surface area contributed by atoms with Gasteiger partial charge in [-0.05, 0) is 36.8 Å². The van der Waals surface area contributed by atoms with Gasteiger partial charge >= 0.3 is 0 Å². The highest BCUT2D eigenvalue weighted by Crippen LogP contribution is 2.28. The van der Waals surface area contributed by atoms with Gasteiger partial charge in [0.2, 0.25) is 0 Å². The molecule has 4 nitrogen and oxygen atoms in total. The fourth-order valence-corrected chi connectivity index (χ4v) is 3.79. The third-order valence-corrected chi connectivity index (χ3v) is 5.54. The summed E-state index contributed by atoms with van der Waals surface area (Å²) in [5.74, 6) is 0. The summed E-state index contributed by atoms with van der Waals surface area (Å²) in [5.41, 5.74) is 2.00. The smallest absolute Gasteiger partial charge is 0.184 e. The number of para-hydroxylation sites is 1. The van der Waals surface area contributed by atoms with Crippen LogP contribution in [0.2, 0.25) is 0 Å². The number of nitrogens with zero attached hydrogens (tertiary/aromatic N) is 1. The van der Waals surface area contributed by atoms with Gasteiger partial charge in [0.15, 0.2) is 15.0 Å². The van der Waals surface area contributed by atoms with Gasteiger partial charge in [-0.25, -0.2) is 13.4 Å². The molecule has 1 aromatic heterocycles. The predicted octanol–water partition coefficient (Wildman–Crippen LogP) is 3.87. The third-order valence-electron chi connectivity index (χ3n) is 3.44. The van der Waals surface area contributed by atoms with Crippen molar-refractivity contribution < 1.29 is 8.42 Å². The number of aromatic nitrogens is 1. The van der Waals surface area contributed by atoms with Gasteiger partial charge in [0, 0.05) is 6.26 Å². The summed E-state index contributed by atoms with van der Waals surface area (Å²) in [7, 11) is -3.15. The summed E-state index contributed by atoms with van der Waals surface area (Å²) in [5, 5.41) is 4.23. The van der Waals surface area contributed by atoms with Crippen LogP contribution in [-0.2, 0) is 9.84 Å². The fraction of sp³-hybridized carbons (Fsp3) is 0.188. The summed E-state index contributed by atoms with van der Waals surface area (Å²) in [6.07, 6.45) is 1.21. The molecule has 0 saturated carbocycles. The normalized spacial score (nSPS) is 13.2. The van der Waals surface area contributed by atoms with E-state index in [4.69, 9.17) is 0 Å². The monoisotopic (exact) mass is 332 g/mol. The Balaban J connectivity index is 1.80. The van der Waals surface area contributed by atoms with Crippen LogP contribution >= 0.6 is 11.3 Å². The van der Waals surface area contributed by atoms with Gasteiger partial charge in [-0.15, -0.1) is 0 Å². The van der Waals surface area contributed by atoms with Crippen LogP contribution in [0, 0.1) is 0 Å². The fourth-order valence-electron chi connectivity index (χ4n) is 2.21. The maximum absolute atomic E-state index is 11.5. The molecule has 0 saturated heterocycles. The summed E-state index contributed by atoms with van der Waals surface area (Å²) >= 11 is 1.61. The van der Waals surface area contributed by atoms with Crippen molar-refractivity contribution in [3.05, 3.63) is 54.1 Å². The van der Waals surface area contributed by atoms with Crippen LogP contribution in [0.4, 0.5) is 5.13 Å². The molecule has 0 aliphatic heterocycles. The highest BCUT2D eigenvalue weighted by Gasteiger charge is 2.11. The van der Waals surface area contributed by atoms with E-state index < -0.39 is 9.84 Å². The largest absolute Gasteiger partial charge is 0.355 e. The molecule has 0 bridgehead atoms. The van der Waals surface area contributed by atoms with Gasteiger partial charge in [-0.3, -0.25) is 0 Å². The molecule has 114 valence electrons. The van der Waals surface area contributed by atoms with Crippen LogP contribution in [-0.4, -0.2) is 19.7 Å². The molecule has 3 aromatic rings. The van der Waals surface area contributed by atoms with E-state index in [1.807, 2.05) is 43.3 Å². The minimum atomic E-state index is -3.15. The quantitative estimate of drug-likeness (QED) is 0.788. The van der Waals surface area contributed by atoms with E-state index in [-0.39, 0.29) is 6.04 Å². The lowest BCUT2D eigenvalue weighted by Gasteiger charge is -2.13. The van der Waals surface area contributed by atoms with Crippen LogP contribution in [0.15, 0.2) is 53.4 Å². The number of rotatable bonds is 4. The molecule has 1 atom stereocenters. The number of hydrogen-bond acceptors (Lipinski definition) is 5. The first-order chi connectivity index (χ1) is 10.4. The molecular weight excluding hydrogens is 316 g/mol. The molecule has 1 N–H and O–H groups in total. The lowest BCUT2D eigenvalue weighted by molar-refractivity contribution is 0.602. The number of thiazole rings is 1.